The number of rotatable bonds is 6. The number of nitrogens with one attached hydrogen (secondary N) is 2. The molecular formula is C24H22FN3O3. The summed E-state index contributed by atoms with van der Waals surface area (Å²) in [5, 5.41) is 6.14. The largest absolute Gasteiger partial charge is 0.489 e. The fourth-order valence-corrected chi connectivity index (χ4v) is 2.72. The molecule has 2 amide bonds. The van der Waals surface area contributed by atoms with Crippen molar-refractivity contribution in [3.8, 4) is 5.75 Å². The highest BCUT2D eigenvalue weighted by Crippen LogP contribution is 2.16. The van der Waals surface area contributed by atoms with E-state index in [0.29, 0.717) is 18.1 Å². The molecule has 3 aromatic carbocycles. The zero-order valence-electron chi connectivity index (χ0n) is 17.2. The molecule has 0 saturated heterocycles. The van der Waals surface area contributed by atoms with Gasteiger partial charge >= 0.3 is 11.8 Å². The Morgan fingerprint density at radius 1 is 0.935 bits per heavy atom. The third-order valence-corrected chi connectivity index (χ3v) is 4.58. The van der Waals surface area contributed by atoms with Crippen molar-refractivity contribution < 1.29 is 18.7 Å². The van der Waals surface area contributed by atoms with Gasteiger partial charge in [0.05, 0.1) is 11.4 Å². The van der Waals surface area contributed by atoms with E-state index < -0.39 is 17.6 Å². The normalized spacial score (nSPS) is 11.0. The van der Waals surface area contributed by atoms with Crippen LogP contribution in [0.1, 0.15) is 23.6 Å². The van der Waals surface area contributed by atoms with Crippen molar-refractivity contribution in [1.82, 2.24) is 5.43 Å². The van der Waals surface area contributed by atoms with E-state index in [1.807, 2.05) is 31.2 Å². The number of para-hydroxylation sites is 1. The molecule has 0 spiro atoms. The number of hydrogen-bond acceptors (Lipinski definition) is 4. The highest BCUT2D eigenvalue weighted by Gasteiger charge is 2.15. The van der Waals surface area contributed by atoms with Crippen molar-refractivity contribution in [3.05, 3.63) is 95.3 Å². The number of hydrazone groups is 1. The lowest BCUT2D eigenvalue weighted by Gasteiger charge is -2.09. The molecule has 0 fully saturated rings. The molecule has 6 nitrogen and oxygen atoms in total. The number of carbonyl (C=O) groups is 2. The lowest BCUT2D eigenvalue weighted by Crippen LogP contribution is -2.33. The van der Waals surface area contributed by atoms with Crippen LogP contribution in [0.4, 0.5) is 10.1 Å². The van der Waals surface area contributed by atoms with Crippen molar-refractivity contribution in [1.29, 1.82) is 0 Å². The first-order valence-electron chi connectivity index (χ1n) is 9.62. The molecule has 0 aliphatic heterocycles. The van der Waals surface area contributed by atoms with E-state index in [0.717, 1.165) is 16.7 Å². The second kappa shape index (κ2) is 10.2. The molecule has 0 saturated carbocycles. The first kappa shape index (κ1) is 21.7. The van der Waals surface area contributed by atoms with Gasteiger partial charge in [-0.1, -0.05) is 36.4 Å². The Balaban J connectivity index is 1.55. The number of ether oxygens (including phenoxy) is 1. The highest BCUT2D eigenvalue weighted by atomic mass is 19.1. The Hall–Kier alpha value is -4.00. The van der Waals surface area contributed by atoms with Crippen molar-refractivity contribution in [2.24, 2.45) is 5.10 Å². The highest BCUT2D eigenvalue weighted by molar-refractivity contribution is 6.39. The maximum atomic E-state index is 13.6. The molecule has 0 aliphatic rings. The second-order valence-corrected chi connectivity index (χ2v) is 6.81. The number of hydrogen-bond donors (Lipinski definition) is 2. The Kier molecular flexibility index (Phi) is 7.11. The summed E-state index contributed by atoms with van der Waals surface area (Å²) in [6.07, 6.45) is 0. The summed E-state index contributed by atoms with van der Waals surface area (Å²) in [5.74, 6) is -1.94. The lowest BCUT2D eigenvalue weighted by molar-refractivity contribution is -0.136. The monoisotopic (exact) mass is 419 g/mol. The predicted molar refractivity (Wildman–Crippen MR) is 117 cm³/mol. The van der Waals surface area contributed by atoms with Crippen molar-refractivity contribution in [2.75, 3.05) is 5.32 Å². The average Bonchev–Trinajstić information content (AvgIpc) is 2.78. The summed E-state index contributed by atoms with van der Waals surface area (Å²) in [4.78, 5) is 23.8. The maximum Gasteiger partial charge on any atom is 0.329 e. The molecule has 3 rings (SSSR count). The van der Waals surface area contributed by atoms with Crippen molar-refractivity contribution in [2.45, 2.75) is 20.5 Å². The summed E-state index contributed by atoms with van der Waals surface area (Å²) in [6.45, 7) is 4.19. The number of benzene rings is 3. The Labute approximate surface area is 179 Å². The van der Waals surface area contributed by atoms with Gasteiger partial charge in [-0.05, 0) is 66.9 Å². The number of nitrogens with zero attached hydrogens (tertiary/aromatic N) is 1. The van der Waals surface area contributed by atoms with Crippen LogP contribution in [-0.4, -0.2) is 17.5 Å². The van der Waals surface area contributed by atoms with E-state index in [-0.39, 0.29) is 5.69 Å². The molecule has 7 heteroatoms. The Bertz CT molecular complexity index is 1110. The fraction of sp³-hybridized carbons (Fsp3) is 0.125. The molecule has 31 heavy (non-hydrogen) atoms. The summed E-state index contributed by atoms with van der Waals surface area (Å²) < 4.78 is 19.4. The van der Waals surface area contributed by atoms with Crippen LogP contribution in [0.2, 0.25) is 0 Å². The molecule has 0 unspecified atom stereocenters. The maximum absolute atomic E-state index is 13.6. The van der Waals surface area contributed by atoms with Gasteiger partial charge in [0.2, 0.25) is 0 Å². The van der Waals surface area contributed by atoms with Crippen LogP contribution in [0, 0.1) is 12.7 Å². The van der Waals surface area contributed by atoms with Crippen LogP contribution in [0.15, 0.2) is 77.9 Å². The number of amides is 2. The lowest BCUT2D eigenvalue weighted by atomic mass is 10.1. The van der Waals surface area contributed by atoms with Crippen LogP contribution in [0.25, 0.3) is 0 Å². The van der Waals surface area contributed by atoms with Gasteiger partial charge in [-0.15, -0.1) is 0 Å². The molecule has 0 bridgehead atoms. The molecule has 0 aliphatic carbocycles. The summed E-state index contributed by atoms with van der Waals surface area (Å²) in [5.41, 5.74) is 5.61. The van der Waals surface area contributed by atoms with E-state index in [9.17, 15) is 14.0 Å². The van der Waals surface area contributed by atoms with Gasteiger partial charge in [0.1, 0.15) is 18.2 Å². The molecule has 0 radical (unpaired) electrons. The van der Waals surface area contributed by atoms with Crippen molar-refractivity contribution >= 4 is 23.2 Å². The predicted octanol–water partition coefficient (Wildman–Crippen LogP) is 4.19. The SMILES string of the molecule is C/C(=N\NC(=O)C(=O)Nc1ccccc1F)c1ccc(OCc2ccccc2C)cc1. The molecule has 158 valence electrons. The number of aryl methyl sites for hydroxylation is 1. The van der Waals surface area contributed by atoms with Gasteiger partial charge in [0.15, 0.2) is 0 Å². The minimum absolute atomic E-state index is 0.0790. The van der Waals surface area contributed by atoms with E-state index in [1.54, 1.807) is 37.3 Å². The third kappa shape index (κ3) is 5.99. The standard InChI is InChI=1S/C24H22FN3O3/c1-16-7-3-4-8-19(16)15-31-20-13-11-18(12-14-20)17(2)27-28-24(30)23(29)26-22-10-6-5-9-21(22)25/h3-14H,15H2,1-2H3,(H,26,29)(H,28,30)/b27-17+. The first-order chi connectivity index (χ1) is 14.9. The number of halogens is 1. The van der Waals surface area contributed by atoms with E-state index in [2.05, 4.69) is 15.8 Å². The first-order valence-corrected chi connectivity index (χ1v) is 9.62. The van der Waals surface area contributed by atoms with Crippen molar-refractivity contribution in [3.63, 3.8) is 0 Å². The Morgan fingerprint density at radius 2 is 1.61 bits per heavy atom. The van der Waals surface area contributed by atoms with Gasteiger partial charge in [0.25, 0.3) is 0 Å². The summed E-state index contributed by atoms with van der Waals surface area (Å²) >= 11 is 0. The number of carbonyl (C=O) groups excluding carboxylic acids is 2. The van der Waals surface area contributed by atoms with Gasteiger partial charge < -0.3 is 10.1 Å². The average molecular weight is 419 g/mol. The molecule has 0 aromatic heterocycles. The van der Waals surface area contributed by atoms with Crippen LogP contribution in [-0.2, 0) is 16.2 Å². The Morgan fingerprint density at radius 3 is 2.32 bits per heavy atom. The minimum Gasteiger partial charge on any atom is -0.489 e. The van der Waals surface area contributed by atoms with E-state index in [4.69, 9.17) is 4.74 Å². The fourth-order valence-electron chi connectivity index (χ4n) is 2.72. The van der Waals surface area contributed by atoms with Crippen LogP contribution >= 0.6 is 0 Å². The topological polar surface area (TPSA) is 79.8 Å². The molecular weight excluding hydrogens is 397 g/mol. The zero-order valence-corrected chi connectivity index (χ0v) is 17.2. The van der Waals surface area contributed by atoms with Gasteiger partial charge in [-0.2, -0.15) is 5.10 Å². The van der Waals surface area contributed by atoms with Gasteiger partial charge in [0, 0.05) is 0 Å². The minimum atomic E-state index is -1.01. The molecule has 3 aromatic rings. The van der Waals surface area contributed by atoms with E-state index >= 15 is 0 Å². The molecule has 0 heterocycles. The quantitative estimate of drug-likeness (QED) is 0.357. The van der Waals surface area contributed by atoms with Gasteiger partial charge in [-0.25, -0.2) is 9.82 Å². The van der Waals surface area contributed by atoms with Gasteiger partial charge in [-0.3, -0.25) is 9.59 Å². The zero-order chi connectivity index (χ0) is 22.2. The van der Waals surface area contributed by atoms with Crippen LogP contribution in [0.5, 0.6) is 5.75 Å². The summed E-state index contributed by atoms with van der Waals surface area (Å²) in [6, 6.07) is 20.8. The summed E-state index contributed by atoms with van der Waals surface area (Å²) in [7, 11) is 0. The van der Waals surface area contributed by atoms with Crippen LogP contribution < -0.4 is 15.5 Å². The van der Waals surface area contributed by atoms with E-state index in [1.165, 1.54) is 18.2 Å². The molecule has 0 atom stereocenters. The third-order valence-electron chi connectivity index (χ3n) is 4.58. The number of anilines is 1. The second-order valence-electron chi connectivity index (χ2n) is 6.81. The van der Waals surface area contributed by atoms with Crippen LogP contribution in [0.3, 0.4) is 0 Å². The molecule has 2 N–H and O–H groups in total. The smallest absolute Gasteiger partial charge is 0.329 e.